The van der Waals surface area contributed by atoms with E-state index >= 15 is 0 Å². The summed E-state index contributed by atoms with van der Waals surface area (Å²) in [7, 11) is 0. The van der Waals surface area contributed by atoms with Crippen molar-refractivity contribution >= 4 is 0 Å². The number of unbranched alkanes of at least 4 members (excludes halogenated alkanes) is 2. The molecule has 1 aliphatic rings. The third kappa shape index (κ3) is 3.25. The molecule has 0 aromatic rings. The van der Waals surface area contributed by atoms with Crippen LogP contribution in [0.1, 0.15) is 38.5 Å². The number of nitrogens with one attached hydrogen (secondary N) is 1. The quantitative estimate of drug-likeness (QED) is 0.513. The predicted octanol–water partition coefficient (Wildman–Crippen LogP) is 0.654. The van der Waals surface area contributed by atoms with E-state index < -0.39 is 0 Å². The Kier molecular flexibility index (Phi) is 4.70. The highest BCUT2D eigenvalue weighted by Crippen LogP contribution is 2.30. The number of rotatable bonds is 7. The van der Waals surface area contributed by atoms with E-state index in [-0.39, 0.29) is 12.1 Å². The van der Waals surface area contributed by atoms with Crippen LogP contribution in [0.25, 0.3) is 0 Å². The maximum Gasteiger partial charge on any atom is 0.0613 e. The van der Waals surface area contributed by atoms with E-state index in [4.69, 9.17) is 10.2 Å². The summed E-state index contributed by atoms with van der Waals surface area (Å²) in [6.07, 6.45) is 6.54. The molecule has 0 unspecified atom stereocenters. The van der Waals surface area contributed by atoms with Crippen LogP contribution < -0.4 is 5.32 Å². The third-order valence-corrected chi connectivity index (χ3v) is 2.95. The van der Waals surface area contributed by atoms with E-state index in [1.54, 1.807) is 0 Å². The maximum atomic E-state index is 9.14. The van der Waals surface area contributed by atoms with Gasteiger partial charge in [0.25, 0.3) is 0 Å². The van der Waals surface area contributed by atoms with E-state index in [1.165, 1.54) is 6.42 Å². The highest BCUT2D eigenvalue weighted by molar-refractivity contribution is 4.95. The van der Waals surface area contributed by atoms with E-state index in [0.29, 0.717) is 6.61 Å². The van der Waals surface area contributed by atoms with E-state index in [9.17, 15) is 0 Å². The molecule has 0 heterocycles. The van der Waals surface area contributed by atoms with Gasteiger partial charge in [0.2, 0.25) is 0 Å². The van der Waals surface area contributed by atoms with E-state index in [1.807, 2.05) is 0 Å². The van der Waals surface area contributed by atoms with Gasteiger partial charge in [-0.3, -0.25) is 0 Å². The smallest absolute Gasteiger partial charge is 0.0613 e. The summed E-state index contributed by atoms with van der Waals surface area (Å²) in [5.74, 6) is 0. The van der Waals surface area contributed by atoms with Gasteiger partial charge in [-0.25, -0.2) is 0 Å². The number of hydrogen-bond acceptors (Lipinski definition) is 3. The fourth-order valence-corrected chi connectivity index (χ4v) is 1.76. The number of aliphatic hydroxyl groups excluding tert-OH is 2. The zero-order chi connectivity index (χ0) is 9.57. The van der Waals surface area contributed by atoms with Gasteiger partial charge in [-0.1, -0.05) is 0 Å². The van der Waals surface area contributed by atoms with Gasteiger partial charge in [0.15, 0.2) is 0 Å². The molecule has 1 rings (SSSR count). The van der Waals surface area contributed by atoms with Gasteiger partial charge < -0.3 is 15.5 Å². The summed E-state index contributed by atoms with van der Waals surface area (Å²) in [6, 6.07) is 0. The minimum Gasteiger partial charge on any atom is -0.396 e. The normalized spacial score (nSPS) is 19.8. The molecule has 1 aliphatic carbocycles. The van der Waals surface area contributed by atoms with Crippen LogP contribution in [0.2, 0.25) is 0 Å². The van der Waals surface area contributed by atoms with Crippen LogP contribution in [0.3, 0.4) is 0 Å². The molecular formula is C10H21NO2. The summed E-state index contributed by atoms with van der Waals surface area (Å²) in [6.45, 7) is 1.54. The zero-order valence-corrected chi connectivity index (χ0v) is 8.26. The van der Waals surface area contributed by atoms with Crippen LogP contribution in [0.5, 0.6) is 0 Å². The number of hydrogen-bond donors (Lipinski definition) is 3. The van der Waals surface area contributed by atoms with E-state index in [2.05, 4.69) is 5.32 Å². The minimum atomic E-state index is 0.0548. The van der Waals surface area contributed by atoms with Crippen LogP contribution in [-0.2, 0) is 0 Å². The standard InChI is InChI=1S/C10H21NO2/c12-8-3-1-2-7-11-10(9-13)5-4-6-10/h11-13H,1-9H2. The van der Waals surface area contributed by atoms with Gasteiger partial charge in [0.05, 0.1) is 6.61 Å². The van der Waals surface area contributed by atoms with Crippen molar-refractivity contribution in [1.82, 2.24) is 5.32 Å². The van der Waals surface area contributed by atoms with Crippen molar-refractivity contribution < 1.29 is 10.2 Å². The van der Waals surface area contributed by atoms with Crippen LogP contribution in [0, 0.1) is 0 Å². The Labute approximate surface area is 80.2 Å². The molecule has 0 amide bonds. The lowest BCUT2D eigenvalue weighted by Crippen LogP contribution is -2.54. The molecule has 1 saturated carbocycles. The molecule has 0 atom stereocenters. The fourth-order valence-electron chi connectivity index (χ4n) is 1.76. The van der Waals surface area contributed by atoms with Crippen molar-refractivity contribution in [2.24, 2.45) is 0 Å². The molecular weight excluding hydrogens is 166 g/mol. The molecule has 13 heavy (non-hydrogen) atoms. The van der Waals surface area contributed by atoms with Crippen molar-refractivity contribution in [3.05, 3.63) is 0 Å². The van der Waals surface area contributed by atoms with Gasteiger partial charge in [-0.2, -0.15) is 0 Å². The van der Waals surface area contributed by atoms with E-state index in [0.717, 1.165) is 38.6 Å². The Balaban J connectivity index is 1.98. The van der Waals surface area contributed by atoms with Gasteiger partial charge >= 0.3 is 0 Å². The minimum absolute atomic E-state index is 0.0548. The van der Waals surface area contributed by atoms with Gasteiger partial charge in [-0.05, 0) is 45.1 Å². The first-order valence-corrected chi connectivity index (χ1v) is 5.30. The first kappa shape index (κ1) is 11.0. The molecule has 0 bridgehead atoms. The maximum absolute atomic E-state index is 9.14. The van der Waals surface area contributed by atoms with Crippen molar-refractivity contribution in [2.75, 3.05) is 19.8 Å². The summed E-state index contributed by atoms with van der Waals surface area (Å²) in [5, 5.41) is 21.1. The highest BCUT2D eigenvalue weighted by atomic mass is 16.3. The van der Waals surface area contributed by atoms with Gasteiger partial charge in [0.1, 0.15) is 0 Å². The topological polar surface area (TPSA) is 52.5 Å². The van der Waals surface area contributed by atoms with Crippen LogP contribution in [-0.4, -0.2) is 35.5 Å². The van der Waals surface area contributed by atoms with Crippen molar-refractivity contribution in [2.45, 2.75) is 44.1 Å². The Bertz CT molecular complexity index is 129. The molecule has 3 N–H and O–H groups in total. The Morgan fingerprint density at radius 2 is 1.85 bits per heavy atom. The molecule has 78 valence electrons. The summed E-state index contributed by atoms with van der Waals surface area (Å²) in [5.41, 5.74) is 0.0548. The van der Waals surface area contributed by atoms with Crippen LogP contribution >= 0.6 is 0 Å². The zero-order valence-electron chi connectivity index (χ0n) is 8.26. The van der Waals surface area contributed by atoms with Gasteiger partial charge in [-0.15, -0.1) is 0 Å². The van der Waals surface area contributed by atoms with Gasteiger partial charge in [0, 0.05) is 12.1 Å². The molecule has 0 aromatic carbocycles. The molecule has 0 saturated heterocycles. The summed E-state index contributed by atoms with van der Waals surface area (Å²) < 4.78 is 0. The SMILES string of the molecule is OCCCCCNC1(CO)CCC1. The van der Waals surface area contributed by atoms with Crippen LogP contribution in [0.15, 0.2) is 0 Å². The Morgan fingerprint density at radius 1 is 1.08 bits per heavy atom. The summed E-state index contributed by atoms with van der Waals surface area (Å²) >= 11 is 0. The van der Waals surface area contributed by atoms with Crippen molar-refractivity contribution in [3.63, 3.8) is 0 Å². The first-order chi connectivity index (χ1) is 6.33. The molecule has 3 heteroatoms. The molecule has 0 radical (unpaired) electrons. The fraction of sp³-hybridized carbons (Fsp3) is 1.00. The van der Waals surface area contributed by atoms with Crippen LogP contribution in [0.4, 0.5) is 0 Å². The monoisotopic (exact) mass is 187 g/mol. The predicted molar refractivity (Wildman–Crippen MR) is 52.6 cm³/mol. The lowest BCUT2D eigenvalue weighted by molar-refractivity contribution is 0.0885. The Morgan fingerprint density at radius 3 is 2.31 bits per heavy atom. The molecule has 0 aliphatic heterocycles. The lowest BCUT2D eigenvalue weighted by Gasteiger charge is -2.41. The second-order valence-electron chi connectivity index (χ2n) is 4.00. The third-order valence-electron chi connectivity index (χ3n) is 2.95. The molecule has 0 spiro atoms. The Hall–Kier alpha value is -0.120. The second-order valence-corrected chi connectivity index (χ2v) is 4.00. The average Bonchev–Trinajstić information content (AvgIpc) is 2.09. The summed E-state index contributed by atoms with van der Waals surface area (Å²) in [4.78, 5) is 0. The highest BCUT2D eigenvalue weighted by Gasteiger charge is 2.35. The molecule has 0 aromatic heterocycles. The van der Waals surface area contributed by atoms with Crippen molar-refractivity contribution in [1.29, 1.82) is 0 Å². The second kappa shape index (κ2) is 5.58. The average molecular weight is 187 g/mol. The largest absolute Gasteiger partial charge is 0.396 e. The lowest BCUT2D eigenvalue weighted by atomic mass is 9.77. The van der Waals surface area contributed by atoms with Crippen molar-refractivity contribution in [3.8, 4) is 0 Å². The number of aliphatic hydroxyl groups is 2. The first-order valence-electron chi connectivity index (χ1n) is 5.30. The molecule has 3 nitrogen and oxygen atoms in total. The molecule has 1 fully saturated rings.